The second-order valence-corrected chi connectivity index (χ2v) is 4.87. The maximum atomic E-state index is 11.9. The molecule has 120 valence electrons. The molecule has 0 saturated heterocycles. The zero-order chi connectivity index (χ0) is 16.7. The number of hydrogen-bond donors (Lipinski definition) is 1. The fraction of sp³-hybridized carbons (Fsp3) is 0.250. The van der Waals surface area contributed by atoms with Crippen molar-refractivity contribution < 1.29 is 14.5 Å². The van der Waals surface area contributed by atoms with Crippen molar-refractivity contribution in [1.29, 1.82) is 0 Å². The summed E-state index contributed by atoms with van der Waals surface area (Å²) in [7, 11) is 0. The average molecular weight is 315 g/mol. The topological polar surface area (TPSA) is 94.4 Å². The molecule has 0 bridgehead atoms. The number of esters is 1. The third-order valence-electron chi connectivity index (χ3n) is 3.23. The van der Waals surface area contributed by atoms with Crippen LogP contribution in [0.2, 0.25) is 0 Å². The largest absolute Gasteiger partial charge is 0.460 e. The fourth-order valence-electron chi connectivity index (χ4n) is 1.88. The highest BCUT2D eigenvalue weighted by molar-refractivity contribution is 5.89. The smallest absolute Gasteiger partial charge is 0.338 e. The van der Waals surface area contributed by atoms with Crippen molar-refractivity contribution in [2.45, 2.75) is 19.4 Å². The van der Waals surface area contributed by atoms with Crippen LogP contribution < -0.4 is 5.32 Å². The molecule has 1 N–H and O–H groups in total. The summed E-state index contributed by atoms with van der Waals surface area (Å²) in [6.07, 6.45) is 1.89. The summed E-state index contributed by atoms with van der Waals surface area (Å²) in [5.41, 5.74) is 0.426. The van der Waals surface area contributed by atoms with E-state index in [1.807, 2.05) is 13.0 Å². The highest BCUT2D eigenvalue weighted by Crippen LogP contribution is 2.13. The molecule has 0 aliphatic heterocycles. The number of nitrogens with zero attached hydrogens (tertiary/aromatic N) is 2. The Kier molecular flexibility index (Phi) is 5.62. The Hall–Kier alpha value is -2.96. The summed E-state index contributed by atoms with van der Waals surface area (Å²) < 4.78 is 5.28. The minimum Gasteiger partial charge on any atom is -0.460 e. The molecule has 0 aliphatic carbocycles. The highest BCUT2D eigenvalue weighted by atomic mass is 16.6. The molecule has 7 nitrogen and oxygen atoms in total. The number of anilines is 1. The van der Waals surface area contributed by atoms with E-state index in [0.717, 1.165) is 0 Å². The minimum atomic E-state index is -0.504. The zero-order valence-electron chi connectivity index (χ0n) is 12.6. The summed E-state index contributed by atoms with van der Waals surface area (Å²) in [6, 6.07) is 11.5. The zero-order valence-corrected chi connectivity index (χ0v) is 12.6. The number of carbonyl (C=O) groups is 1. The van der Waals surface area contributed by atoms with Crippen molar-refractivity contribution in [3.8, 4) is 0 Å². The highest BCUT2D eigenvalue weighted by Gasteiger charge is 2.13. The molecule has 2 aromatic rings. The van der Waals surface area contributed by atoms with E-state index in [0.29, 0.717) is 17.8 Å². The Labute approximate surface area is 133 Å². The van der Waals surface area contributed by atoms with Crippen LogP contribution in [0.5, 0.6) is 0 Å². The van der Waals surface area contributed by atoms with Gasteiger partial charge in [-0.1, -0.05) is 25.1 Å². The Morgan fingerprint density at radius 1 is 1.30 bits per heavy atom. The van der Waals surface area contributed by atoms with Gasteiger partial charge in [0.2, 0.25) is 0 Å². The normalized spacial score (nSPS) is 11.5. The predicted octanol–water partition coefficient (Wildman–Crippen LogP) is 3.04. The van der Waals surface area contributed by atoms with Gasteiger partial charge in [0.05, 0.1) is 16.5 Å². The summed E-state index contributed by atoms with van der Waals surface area (Å²) in [5.74, 6) is 0.112. The molecule has 23 heavy (non-hydrogen) atoms. The van der Waals surface area contributed by atoms with E-state index in [9.17, 15) is 14.9 Å². The van der Waals surface area contributed by atoms with Crippen LogP contribution in [-0.2, 0) is 4.74 Å². The van der Waals surface area contributed by atoms with Crippen LogP contribution in [0, 0.1) is 10.1 Å². The molecule has 7 heteroatoms. The molecule has 1 atom stereocenters. The minimum absolute atomic E-state index is 0.0703. The number of nitro groups is 1. The number of rotatable bonds is 7. The summed E-state index contributed by atoms with van der Waals surface area (Å²) >= 11 is 0. The molecule has 1 aromatic carbocycles. The maximum Gasteiger partial charge on any atom is 0.338 e. The van der Waals surface area contributed by atoms with Gasteiger partial charge in [-0.3, -0.25) is 10.1 Å². The summed E-state index contributed by atoms with van der Waals surface area (Å²) in [5, 5.41) is 13.7. The number of ether oxygens (including phenoxy) is 1. The number of hydrogen-bond acceptors (Lipinski definition) is 6. The SMILES string of the molecule is CCC(COC(=O)c1ccccc1)Nc1ccc([N+](=O)[O-])cn1. The number of aromatic nitrogens is 1. The molecule has 1 aromatic heterocycles. The van der Waals surface area contributed by atoms with Gasteiger partial charge in [0.15, 0.2) is 0 Å². The van der Waals surface area contributed by atoms with Gasteiger partial charge in [-0.2, -0.15) is 0 Å². The molecule has 0 fully saturated rings. The van der Waals surface area contributed by atoms with E-state index in [1.165, 1.54) is 18.3 Å². The maximum absolute atomic E-state index is 11.9. The van der Waals surface area contributed by atoms with Crippen LogP contribution in [0.4, 0.5) is 11.5 Å². The molecular weight excluding hydrogens is 298 g/mol. The first kappa shape index (κ1) is 16.4. The Bertz CT molecular complexity index is 659. The van der Waals surface area contributed by atoms with Crippen molar-refractivity contribution in [3.63, 3.8) is 0 Å². The summed E-state index contributed by atoms with van der Waals surface area (Å²) in [4.78, 5) is 26.0. The molecule has 0 spiro atoms. The van der Waals surface area contributed by atoms with Crippen molar-refractivity contribution in [2.24, 2.45) is 0 Å². The first-order valence-electron chi connectivity index (χ1n) is 7.19. The number of carbonyl (C=O) groups excluding carboxylic acids is 1. The van der Waals surface area contributed by atoms with Crippen molar-refractivity contribution in [2.75, 3.05) is 11.9 Å². The second kappa shape index (κ2) is 7.88. The van der Waals surface area contributed by atoms with E-state index in [1.54, 1.807) is 24.3 Å². The molecule has 1 unspecified atom stereocenters. The van der Waals surface area contributed by atoms with Gasteiger partial charge >= 0.3 is 5.97 Å². The molecule has 0 aliphatic rings. The predicted molar refractivity (Wildman–Crippen MR) is 85.3 cm³/mol. The quantitative estimate of drug-likeness (QED) is 0.479. The number of benzene rings is 1. The Balaban J connectivity index is 1.90. The van der Waals surface area contributed by atoms with Gasteiger partial charge in [-0.25, -0.2) is 9.78 Å². The van der Waals surface area contributed by atoms with Crippen molar-refractivity contribution >= 4 is 17.5 Å². The number of nitrogens with one attached hydrogen (secondary N) is 1. The lowest BCUT2D eigenvalue weighted by molar-refractivity contribution is -0.385. The molecule has 0 saturated carbocycles. The third kappa shape index (κ3) is 4.77. The van der Waals surface area contributed by atoms with E-state index in [4.69, 9.17) is 4.74 Å². The summed E-state index contributed by atoms with van der Waals surface area (Å²) in [6.45, 7) is 2.13. The van der Waals surface area contributed by atoms with Crippen LogP contribution in [0.3, 0.4) is 0 Å². The van der Waals surface area contributed by atoms with Gasteiger partial charge in [-0.15, -0.1) is 0 Å². The van der Waals surface area contributed by atoms with Gasteiger partial charge in [0.25, 0.3) is 5.69 Å². The van der Waals surface area contributed by atoms with E-state index in [-0.39, 0.29) is 24.3 Å². The van der Waals surface area contributed by atoms with E-state index >= 15 is 0 Å². The lowest BCUT2D eigenvalue weighted by atomic mass is 10.2. The van der Waals surface area contributed by atoms with Gasteiger partial charge < -0.3 is 10.1 Å². The third-order valence-corrected chi connectivity index (χ3v) is 3.23. The van der Waals surface area contributed by atoms with Crippen molar-refractivity contribution in [3.05, 3.63) is 64.3 Å². The van der Waals surface area contributed by atoms with Crippen LogP contribution in [0.25, 0.3) is 0 Å². The number of pyridine rings is 1. The van der Waals surface area contributed by atoms with E-state index < -0.39 is 4.92 Å². The van der Waals surface area contributed by atoms with E-state index in [2.05, 4.69) is 10.3 Å². The van der Waals surface area contributed by atoms with Gasteiger partial charge in [0.1, 0.15) is 18.6 Å². The fourth-order valence-corrected chi connectivity index (χ4v) is 1.88. The Morgan fingerprint density at radius 2 is 2.04 bits per heavy atom. The molecule has 2 rings (SSSR count). The standard InChI is InChI=1S/C16H17N3O4/c1-2-13(11-23-16(20)12-6-4-3-5-7-12)18-15-9-8-14(10-17-15)19(21)22/h3-10,13H,2,11H2,1H3,(H,17,18). The molecular formula is C16H17N3O4. The van der Waals surface area contributed by atoms with Gasteiger partial charge in [0, 0.05) is 6.07 Å². The molecule has 1 heterocycles. The lowest BCUT2D eigenvalue weighted by Crippen LogP contribution is -2.26. The Morgan fingerprint density at radius 3 is 2.61 bits per heavy atom. The lowest BCUT2D eigenvalue weighted by Gasteiger charge is -2.17. The van der Waals surface area contributed by atoms with Crippen LogP contribution in [0.15, 0.2) is 48.7 Å². The van der Waals surface area contributed by atoms with Crippen molar-refractivity contribution in [1.82, 2.24) is 4.98 Å². The van der Waals surface area contributed by atoms with Gasteiger partial charge in [-0.05, 0) is 24.6 Å². The first-order chi connectivity index (χ1) is 11.1. The monoisotopic (exact) mass is 315 g/mol. The first-order valence-corrected chi connectivity index (χ1v) is 7.19. The second-order valence-electron chi connectivity index (χ2n) is 4.87. The van der Waals surface area contributed by atoms with Crippen LogP contribution >= 0.6 is 0 Å². The van der Waals surface area contributed by atoms with Crippen LogP contribution in [-0.4, -0.2) is 28.5 Å². The molecule has 0 amide bonds. The van der Waals surface area contributed by atoms with Crippen LogP contribution in [0.1, 0.15) is 23.7 Å². The molecule has 0 radical (unpaired) electrons. The average Bonchev–Trinajstić information content (AvgIpc) is 2.59.